The highest BCUT2D eigenvalue weighted by molar-refractivity contribution is 7.75. The number of nitrogens with one attached hydrogen (secondary N) is 2. The van der Waals surface area contributed by atoms with E-state index in [-0.39, 0.29) is 24.0 Å². The summed E-state index contributed by atoms with van der Waals surface area (Å²) in [5, 5.41) is 4.73. The van der Waals surface area contributed by atoms with E-state index in [4.69, 9.17) is 9.12 Å². The molecule has 152 valence electrons. The lowest BCUT2D eigenvalue weighted by Gasteiger charge is -2.31. The number of amides is 3. The molecule has 2 bridgehead atoms. The number of rotatable bonds is 6. The SMILES string of the molecule is O=C(NOC[C@@H]1C[C@H](N2CCCCC2)CN1)C1CCC2CN1C(=O)N2OS. The Hall–Kier alpha value is -1.07. The molecule has 0 spiro atoms. The third-order valence-electron chi connectivity index (χ3n) is 6.28. The maximum Gasteiger partial charge on any atom is 0.345 e. The quantitative estimate of drug-likeness (QED) is 0.338. The fourth-order valence-corrected chi connectivity index (χ4v) is 4.98. The first-order valence-electron chi connectivity index (χ1n) is 9.98. The molecule has 0 radical (unpaired) electrons. The minimum Gasteiger partial charge on any atom is -0.310 e. The second kappa shape index (κ2) is 8.52. The van der Waals surface area contributed by atoms with Crippen LogP contribution in [0.2, 0.25) is 0 Å². The van der Waals surface area contributed by atoms with E-state index >= 15 is 0 Å². The molecule has 0 saturated carbocycles. The van der Waals surface area contributed by atoms with Gasteiger partial charge in [-0.05, 0) is 45.2 Å². The van der Waals surface area contributed by atoms with Gasteiger partial charge < -0.3 is 10.2 Å². The minimum absolute atomic E-state index is 0.0330. The van der Waals surface area contributed by atoms with Crippen LogP contribution in [-0.2, 0) is 13.9 Å². The van der Waals surface area contributed by atoms with E-state index in [1.165, 1.54) is 42.3 Å². The number of fused-ring (bicyclic) bond motifs is 2. The summed E-state index contributed by atoms with van der Waals surface area (Å²) in [6, 6.07) is -0.0440. The van der Waals surface area contributed by atoms with Gasteiger partial charge in [-0.25, -0.2) is 14.6 Å². The second-order valence-corrected chi connectivity index (χ2v) is 8.12. The number of hydrogen-bond donors (Lipinski definition) is 3. The van der Waals surface area contributed by atoms with Crippen LogP contribution in [0.25, 0.3) is 0 Å². The van der Waals surface area contributed by atoms with Gasteiger partial charge in [0.2, 0.25) is 0 Å². The molecule has 4 fully saturated rings. The van der Waals surface area contributed by atoms with Crippen LogP contribution in [0.5, 0.6) is 0 Å². The predicted octanol–water partition coefficient (Wildman–Crippen LogP) is 0.296. The summed E-state index contributed by atoms with van der Waals surface area (Å²) < 4.78 is 4.84. The summed E-state index contributed by atoms with van der Waals surface area (Å²) in [7, 11) is 0. The minimum atomic E-state index is -0.514. The first-order valence-corrected chi connectivity index (χ1v) is 10.3. The average Bonchev–Trinajstić information content (AvgIpc) is 3.26. The lowest BCUT2D eigenvalue weighted by Crippen LogP contribution is -2.50. The zero-order chi connectivity index (χ0) is 18.8. The van der Waals surface area contributed by atoms with Crippen molar-refractivity contribution < 1.29 is 18.7 Å². The second-order valence-electron chi connectivity index (χ2n) is 7.96. The summed E-state index contributed by atoms with van der Waals surface area (Å²) in [5.74, 6) is -0.270. The Bertz CT molecular complexity index is 561. The summed E-state index contributed by atoms with van der Waals surface area (Å²) >= 11 is 3.73. The number of carbonyl (C=O) groups is 2. The van der Waals surface area contributed by atoms with E-state index in [0.717, 1.165) is 13.0 Å². The van der Waals surface area contributed by atoms with E-state index in [2.05, 4.69) is 28.6 Å². The van der Waals surface area contributed by atoms with Crippen molar-refractivity contribution in [1.29, 1.82) is 0 Å². The van der Waals surface area contributed by atoms with Crippen LogP contribution in [0, 0.1) is 0 Å². The number of piperidine rings is 2. The number of carbonyl (C=O) groups excluding carboxylic acids is 2. The molecule has 4 aliphatic rings. The van der Waals surface area contributed by atoms with Crippen molar-refractivity contribution in [2.75, 3.05) is 32.8 Å². The molecule has 2 unspecified atom stereocenters. The lowest BCUT2D eigenvalue weighted by molar-refractivity contribution is -0.139. The standard InChI is InChI=1S/C17H29N5O4S/c23-16(15-5-4-13-10-21(15)17(24)22(13)26-27)19-25-11-12-8-14(9-18-12)20-6-2-1-3-7-20/h12-15,18,27H,1-11H2,(H,19,23)/t12-,13?,14-,15?/m0/s1. The monoisotopic (exact) mass is 399 g/mol. The molecule has 0 aromatic heterocycles. The highest BCUT2D eigenvalue weighted by Crippen LogP contribution is 2.30. The van der Waals surface area contributed by atoms with Crippen molar-refractivity contribution in [3.63, 3.8) is 0 Å². The van der Waals surface area contributed by atoms with Crippen LogP contribution in [0.15, 0.2) is 0 Å². The fraction of sp³-hybridized carbons (Fsp3) is 0.882. The van der Waals surface area contributed by atoms with E-state index in [1.807, 2.05) is 0 Å². The molecule has 4 saturated heterocycles. The predicted molar refractivity (Wildman–Crippen MR) is 101 cm³/mol. The first kappa shape index (κ1) is 19.3. The number of thiol groups is 1. The molecule has 3 amide bonds. The van der Waals surface area contributed by atoms with E-state index in [0.29, 0.717) is 32.0 Å². The molecule has 2 N–H and O–H groups in total. The average molecular weight is 400 g/mol. The third-order valence-corrected chi connectivity index (χ3v) is 6.45. The van der Waals surface area contributed by atoms with E-state index in [9.17, 15) is 9.59 Å². The smallest absolute Gasteiger partial charge is 0.310 e. The van der Waals surface area contributed by atoms with Crippen molar-refractivity contribution >= 4 is 24.8 Å². The molecule has 27 heavy (non-hydrogen) atoms. The Kier molecular flexibility index (Phi) is 6.08. The molecule has 4 aliphatic heterocycles. The highest BCUT2D eigenvalue weighted by atomic mass is 32.1. The van der Waals surface area contributed by atoms with Gasteiger partial charge in [-0.3, -0.25) is 14.5 Å². The Morgan fingerprint density at radius 3 is 2.81 bits per heavy atom. The summed E-state index contributed by atoms with van der Waals surface area (Å²) in [4.78, 5) is 34.3. The summed E-state index contributed by atoms with van der Waals surface area (Å²) in [6.45, 7) is 4.28. The number of hydroxylamine groups is 3. The van der Waals surface area contributed by atoms with Crippen LogP contribution in [0.3, 0.4) is 0 Å². The zero-order valence-corrected chi connectivity index (χ0v) is 16.4. The zero-order valence-electron chi connectivity index (χ0n) is 15.5. The van der Waals surface area contributed by atoms with Crippen LogP contribution < -0.4 is 10.8 Å². The Morgan fingerprint density at radius 1 is 1.22 bits per heavy atom. The number of urea groups is 1. The molecule has 4 atom stereocenters. The Labute approximate surface area is 165 Å². The van der Waals surface area contributed by atoms with Crippen LogP contribution in [0.4, 0.5) is 4.79 Å². The maximum atomic E-state index is 12.5. The Morgan fingerprint density at radius 2 is 2.04 bits per heavy atom. The van der Waals surface area contributed by atoms with Gasteiger partial charge in [0.15, 0.2) is 0 Å². The molecular weight excluding hydrogens is 370 g/mol. The highest BCUT2D eigenvalue weighted by Gasteiger charge is 2.48. The Balaban J connectivity index is 1.20. The van der Waals surface area contributed by atoms with Gasteiger partial charge in [0.05, 0.1) is 12.6 Å². The molecule has 0 aromatic carbocycles. The summed E-state index contributed by atoms with van der Waals surface area (Å²) in [5.41, 5.74) is 2.55. The largest absolute Gasteiger partial charge is 0.345 e. The third kappa shape index (κ3) is 4.04. The van der Waals surface area contributed by atoms with Gasteiger partial charge in [0, 0.05) is 38.1 Å². The molecule has 0 aromatic rings. The van der Waals surface area contributed by atoms with Crippen molar-refractivity contribution in [1.82, 2.24) is 25.7 Å². The molecule has 4 heterocycles. The van der Waals surface area contributed by atoms with Crippen LogP contribution in [-0.4, -0.2) is 83.8 Å². The number of likely N-dealkylation sites (tertiary alicyclic amines) is 1. The van der Waals surface area contributed by atoms with Crippen LogP contribution in [0.1, 0.15) is 38.5 Å². The van der Waals surface area contributed by atoms with E-state index in [1.54, 1.807) is 0 Å². The number of nitrogens with zero attached hydrogens (tertiary/aromatic N) is 3. The van der Waals surface area contributed by atoms with Crippen molar-refractivity contribution in [2.24, 2.45) is 0 Å². The molecule has 9 nitrogen and oxygen atoms in total. The maximum absolute atomic E-state index is 12.5. The summed E-state index contributed by atoms with van der Waals surface area (Å²) in [6.07, 6.45) is 6.27. The van der Waals surface area contributed by atoms with Crippen molar-refractivity contribution in [3.8, 4) is 0 Å². The van der Waals surface area contributed by atoms with Gasteiger partial charge in [0.25, 0.3) is 5.91 Å². The van der Waals surface area contributed by atoms with Gasteiger partial charge >= 0.3 is 6.03 Å². The van der Waals surface area contributed by atoms with E-state index < -0.39 is 6.04 Å². The normalized spacial score (nSPS) is 34.3. The van der Waals surface area contributed by atoms with Gasteiger partial charge in [-0.2, -0.15) is 5.06 Å². The molecule has 0 aliphatic carbocycles. The van der Waals surface area contributed by atoms with Crippen LogP contribution >= 0.6 is 12.9 Å². The van der Waals surface area contributed by atoms with Crippen molar-refractivity contribution in [2.45, 2.75) is 62.7 Å². The van der Waals surface area contributed by atoms with Gasteiger partial charge in [-0.1, -0.05) is 6.42 Å². The van der Waals surface area contributed by atoms with Gasteiger partial charge in [-0.15, -0.1) is 0 Å². The first-order chi connectivity index (χ1) is 13.2. The molecule has 10 heteroatoms. The van der Waals surface area contributed by atoms with Crippen molar-refractivity contribution in [3.05, 3.63) is 0 Å². The lowest BCUT2D eigenvalue weighted by atomic mass is 10.0. The van der Waals surface area contributed by atoms with Gasteiger partial charge in [0.1, 0.15) is 6.04 Å². The molecule has 4 rings (SSSR count). The number of hydrogen-bond acceptors (Lipinski definition) is 7. The fourth-order valence-electron chi connectivity index (χ4n) is 4.78. The topological polar surface area (TPSA) is 86.4 Å². The molecular formula is C17H29N5O4S.